The maximum absolute atomic E-state index is 11.8. The zero-order chi connectivity index (χ0) is 15.7. The van der Waals surface area contributed by atoms with E-state index in [9.17, 15) is 4.79 Å². The summed E-state index contributed by atoms with van der Waals surface area (Å²) < 4.78 is 1.98. The molecule has 0 aromatic carbocycles. The summed E-state index contributed by atoms with van der Waals surface area (Å²) in [6.07, 6.45) is 6.79. The highest BCUT2D eigenvalue weighted by Gasteiger charge is 2.41. The molecule has 122 valence electrons. The number of carbonyl (C=O) groups is 1. The fourth-order valence-electron chi connectivity index (χ4n) is 3.59. The highest BCUT2D eigenvalue weighted by Crippen LogP contribution is 2.42. The number of amides is 1. The van der Waals surface area contributed by atoms with Crippen molar-refractivity contribution in [1.29, 1.82) is 0 Å². The fraction of sp³-hybridized carbons (Fsp3) is 0.750. The van der Waals surface area contributed by atoms with Crippen LogP contribution in [-0.2, 0) is 11.8 Å². The van der Waals surface area contributed by atoms with Gasteiger partial charge in [-0.3, -0.25) is 14.4 Å². The largest absolute Gasteiger partial charge is 0.354 e. The Labute approximate surface area is 137 Å². The summed E-state index contributed by atoms with van der Waals surface area (Å²) in [5.74, 6) is 0.345. The number of aromatic nitrogens is 2. The Morgan fingerprint density at radius 3 is 2.86 bits per heavy atom. The summed E-state index contributed by atoms with van der Waals surface area (Å²) in [7, 11) is 2.01. The van der Waals surface area contributed by atoms with E-state index in [1.165, 1.54) is 25.0 Å². The molecule has 2 aliphatic rings. The molecule has 1 saturated carbocycles. The van der Waals surface area contributed by atoms with Crippen LogP contribution in [0.4, 0.5) is 0 Å². The van der Waals surface area contributed by atoms with Gasteiger partial charge in [-0.2, -0.15) is 5.10 Å². The molecule has 1 aliphatic carbocycles. The van der Waals surface area contributed by atoms with E-state index < -0.39 is 5.38 Å². The van der Waals surface area contributed by atoms with Crippen LogP contribution in [0, 0.1) is 5.92 Å². The number of hydrogen-bond donors (Lipinski definition) is 1. The van der Waals surface area contributed by atoms with Crippen LogP contribution >= 0.6 is 11.6 Å². The van der Waals surface area contributed by atoms with Crippen LogP contribution < -0.4 is 5.32 Å². The number of aryl methyl sites for hydroxylation is 1. The van der Waals surface area contributed by atoms with E-state index in [-0.39, 0.29) is 5.91 Å². The van der Waals surface area contributed by atoms with Gasteiger partial charge in [-0.15, -0.1) is 11.6 Å². The van der Waals surface area contributed by atoms with E-state index in [0.29, 0.717) is 24.5 Å². The average molecular weight is 325 g/mol. The van der Waals surface area contributed by atoms with Gasteiger partial charge in [0.25, 0.3) is 0 Å². The maximum Gasteiger partial charge on any atom is 0.237 e. The van der Waals surface area contributed by atoms with Crippen molar-refractivity contribution in [2.24, 2.45) is 13.0 Å². The Kier molecular flexibility index (Phi) is 4.73. The third-order valence-electron chi connectivity index (χ3n) is 4.87. The van der Waals surface area contributed by atoms with Crippen molar-refractivity contribution in [3.63, 3.8) is 0 Å². The Bertz CT molecular complexity index is 526. The Morgan fingerprint density at radius 1 is 1.50 bits per heavy atom. The standard InChI is InChI=1S/C16H25ClN4O/c1-11(17)16(22)18-10-12-4-3-9-21(13-5-6-13)15(12)14-7-8-19-20(14)2/h7-8,11-13,15H,3-6,9-10H2,1-2H3,(H,18,22)/t11?,12-,15+/m0/s1. The number of nitrogens with one attached hydrogen (secondary N) is 1. The zero-order valence-corrected chi connectivity index (χ0v) is 14.1. The van der Waals surface area contributed by atoms with Gasteiger partial charge in [-0.05, 0) is 51.1 Å². The average Bonchev–Trinajstić information content (AvgIpc) is 3.26. The second kappa shape index (κ2) is 6.59. The first-order valence-corrected chi connectivity index (χ1v) is 8.67. The molecule has 6 heteroatoms. The van der Waals surface area contributed by atoms with Crippen LogP contribution in [0.2, 0.25) is 0 Å². The molecule has 0 radical (unpaired) electrons. The molecule has 1 saturated heterocycles. The first-order valence-electron chi connectivity index (χ1n) is 8.23. The third kappa shape index (κ3) is 3.30. The Hall–Kier alpha value is -1.07. The summed E-state index contributed by atoms with van der Waals surface area (Å²) in [4.78, 5) is 14.4. The van der Waals surface area contributed by atoms with E-state index >= 15 is 0 Å². The van der Waals surface area contributed by atoms with Crippen LogP contribution in [0.3, 0.4) is 0 Å². The van der Waals surface area contributed by atoms with Gasteiger partial charge in [0.15, 0.2) is 0 Å². The van der Waals surface area contributed by atoms with E-state index in [1.54, 1.807) is 6.92 Å². The van der Waals surface area contributed by atoms with E-state index in [2.05, 4.69) is 21.4 Å². The maximum atomic E-state index is 11.8. The zero-order valence-electron chi connectivity index (χ0n) is 13.3. The monoisotopic (exact) mass is 324 g/mol. The van der Waals surface area contributed by atoms with Crippen LogP contribution in [-0.4, -0.2) is 45.1 Å². The van der Waals surface area contributed by atoms with Gasteiger partial charge in [0.05, 0.1) is 11.7 Å². The summed E-state index contributed by atoms with van der Waals surface area (Å²) in [6.45, 7) is 3.55. The lowest BCUT2D eigenvalue weighted by molar-refractivity contribution is -0.120. The number of rotatable bonds is 5. The molecule has 5 nitrogen and oxygen atoms in total. The Morgan fingerprint density at radius 2 is 2.27 bits per heavy atom. The van der Waals surface area contributed by atoms with Crippen molar-refractivity contribution in [1.82, 2.24) is 20.0 Å². The molecule has 1 N–H and O–H groups in total. The Balaban J connectivity index is 1.76. The number of piperidine rings is 1. The smallest absolute Gasteiger partial charge is 0.237 e. The minimum atomic E-state index is -0.474. The van der Waals surface area contributed by atoms with Gasteiger partial charge in [0, 0.05) is 25.8 Å². The van der Waals surface area contributed by atoms with Crippen LogP contribution in [0.25, 0.3) is 0 Å². The molecule has 2 fully saturated rings. The molecule has 1 unspecified atom stereocenters. The second-order valence-electron chi connectivity index (χ2n) is 6.56. The molecule has 3 atom stereocenters. The molecular formula is C16H25ClN4O. The molecule has 0 bridgehead atoms. The van der Waals surface area contributed by atoms with Crippen molar-refractivity contribution < 1.29 is 4.79 Å². The lowest BCUT2D eigenvalue weighted by Gasteiger charge is -2.41. The summed E-state index contributed by atoms with van der Waals surface area (Å²) in [5.41, 5.74) is 1.25. The normalized spacial score (nSPS) is 27.6. The molecule has 1 aromatic heterocycles. The number of nitrogens with zero attached hydrogens (tertiary/aromatic N) is 3. The van der Waals surface area contributed by atoms with E-state index in [0.717, 1.165) is 13.0 Å². The molecule has 1 aliphatic heterocycles. The van der Waals surface area contributed by atoms with Gasteiger partial charge >= 0.3 is 0 Å². The van der Waals surface area contributed by atoms with Gasteiger partial charge in [-0.1, -0.05) is 0 Å². The van der Waals surface area contributed by atoms with E-state index in [4.69, 9.17) is 11.6 Å². The van der Waals surface area contributed by atoms with Crippen molar-refractivity contribution in [3.8, 4) is 0 Å². The third-order valence-corrected chi connectivity index (χ3v) is 5.07. The van der Waals surface area contributed by atoms with Gasteiger partial charge in [0.1, 0.15) is 5.38 Å². The topological polar surface area (TPSA) is 50.2 Å². The fourth-order valence-corrected chi connectivity index (χ4v) is 3.67. The molecular weight excluding hydrogens is 300 g/mol. The molecule has 3 rings (SSSR count). The quantitative estimate of drug-likeness (QED) is 0.844. The van der Waals surface area contributed by atoms with Gasteiger partial charge in [0.2, 0.25) is 5.91 Å². The summed E-state index contributed by atoms with van der Waals surface area (Å²) in [5, 5.41) is 6.89. The molecule has 1 amide bonds. The summed E-state index contributed by atoms with van der Waals surface area (Å²) >= 11 is 5.86. The second-order valence-corrected chi connectivity index (χ2v) is 7.21. The molecule has 1 aromatic rings. The van der Waals surface area contributed by atoms with Gasteiger partial charge in [-0.25, -0.2) is 0 Å². The minimum Gasteiger partial charge on any atom is -0.354 e. The number of likely N-dealkylation sites (tertiary alicyclic amines) is 1. The summed E-state index contributed by atoms with van der Waals surface area (Å²) in [6, 6.07) is 3.18. The SMILES string of the molecule is CC(Cl)C(=O)NC[C@@H]1CCCN(C2CC2)[C@H]1c1ccnn1C. The predicted octanol–water partition coefficient (Wildman–Crippen LogP) is 2.08. The lowest BCUT2D eigenvalue weighted by atomic mass is 9.86. The van der Waals surface area contributed by atoms with Crippen LogP contribution in [0.1, 0.15) is 44.3 Å². The predicted molar refractivity (Wildman–Crippen MR) is 86.7 cm³/mol. The number of halogens is 1. The van der Waals surface area contributed by atoms with Crippen molar-refractivity contribution in [2.45, 2.75) is 50.1 Å². The van der Waals surface area contributed by atoms with Crippen molar-refractivity contribution >= 4 is 17.5 Å². The molecule has 22 heavy (non-hydrogen) atoms. The number of alkyl halides is 1. The molecule has 2 heterocycles. The first kappa shape index (κ1) is 15.8. The molecule has 0 spiro atoms. The first-order chi connectivity index (χ1) is 10.6. The number of hydrogen-bond acceptors (Lipinski definition) is 3. The lowest BCUT2D eigenvalue weighted by Crippen LogP contribution is -2.45. The highest BCUT2D eigenvalue weighted by atomic mass is 35.5. The van der Waals surface area contributed by atoms with Gasteiger partial charge < -0.3 is 5.32 Å². The van der Waals surface area contributed by atoms with Crippen LogP contribution in [0.5, 0.6) is 0 Å². The minimum absolute atomic E-state index is 0.0750. The highest BCUT2D eigenvalue weighted by molar-refractivity contribution is 6.30. The van der Waals surface area contributed by atoms with E-state index in [1.807, 2.05) is 17.9 Å². The van der Waals surface area contributed by atoms with Crippen LogP contribution in [0.15, 0.2) is 12.3 Å². The van der Waals surface area contributed by atoms with Crippen molar-refractivity contribution in [3.05, 3.63) is 18.0 Å². The number of carbonyl (C=O) groups excluding carboxylic acids is 1. The van der Waals surface area contributed by atoms with Crippen molar-refractivity contribution in [2.75, 3.05) is 13.1 Å².